The number of carboxylic acid groups (broad SMARTS) is 1. The van der Waals surface area contributed by atoms with Gasteiger partial charge in [0.2, 0.25) is 0 Å². The first-order valence-electron chi connectivity index (χ1n) is 10.6. The minimum Gasteiger partial charge on any atom is -0.503 e. The quantitative estimate of drug-likeness (QED) is 0.183. The maximum Gasteiger partial charge on any atom is 0.339 e. The van der Waals surface area contributed by atoms with Gasteiger partial charge in [0.15, 0.2) is 11.5 Å². The Morgan fingerprint density at radius 2 is 1.74 bits per heavy atom. The number of hydrogen-bond donors (Lipinski definition) is 1. The van der Waals surface area contributed by atoms with E-state index in [0.29, 0.717) is 29.2 Å². The first-order valence-corrected chi connectivity index (χ1v) is 10.6. The zero-order valence-electron chi connectivity index (χ0n) is 19.4. The third kappa shape index (κ3) is 6.62. The molecule has 3 aromatic rings. The van der Waals surface area contributed by atoms with Crippen LogP contribution in [0.5, 0.6) is 11.5 Å². The minimum absolute atomic E-state index is 0.0419. The van der Waals surface area contributed by atoms with Crippen LogP contribution in [0, 0.1) is 6.92 Å². The molecule has 176 valence electrons. The van der Waals surface area contributed by atoms with Crippen molar-refractivity contribution in [1.29, 1.82) is 0 Å². The van der Waals surface area contributed by atoms with Crippen molar-refractivity contribution in [2.24, 2.45) is 5.16 Å². The molecule has 0 heterocycles. The van der Waals surface area contributed by atoms with Gasteiger partial charge < -0.3 is 24.2 Å². The van der Waals surface area contributed by atoms with Crippen molar-refractivity contribution in [1.82, 2.24) is 0 Å². The van der Waals surface area contributed by atoms with Gasteiger partial charge in [0.25, 0.3) is 0 Å². The van der Waals surface area contributed by atoms with Crippen molar-refractivity contribution in [2.45, 2.75) is 20.1 Å². The summed E-state index contributed by atoms with van der Waals surface area (Å²) in [5.74, 6) is -0.0517. The molecule has 0 fully saturated rings. The summed E-state index contributed by atoms with van der Waals surface area (Å²) in [6.45, 7) is 2.53. The number of hydrogen-bond acceptors (Lipinski definition) is 6. The highest BCUT2D eigenvalue weighted by Gasteiger charge is 2.16. The molecule has 7 heteroatoms. The fraction of sp³-hybridized carbons (Fsp3) is 0.185. The lowest BCUT2D eigenvalue weighted by molar-refractivity contribution is -0.130. The fourth-order valence-electron chi connectivity index (χ4n) is 3.19. The average Bonchev–Trinajstić information content (AvgIpc) is 2.85. The summed E-state index contributed by atoms with van der Waals surface area (Å²) >= 11 is 0. The Hall–Kier alpha value is -4.26. The van der Waals surface area contributed by atoms with Gasteiger partial charge in [-0.3, -0.25) is 0 Å². The molecular weight excluding hydrogens is 434 g/mol. The highest BCUT2D eigenvalue weighted by atomic mass is 16.6. The third-order valence-electron chi connectivity index (χ3n) is 4.97. The van der Waals surface area contributed by atoms with Gasteiger partial charge in [-0.05, 0) is 41.8 Å². The molecule has 3 aromatic carbocycles. The maximum atomic E-state index is 11.7. The molecule has 0 aliphatic carbocycles. The predicted octanol–water partition coefficient (Wildman–Crippen LogP) is 5.21. The number of ether oxygens (including phenoxy) is 3. The average molecular weight is 462 g/mol. The topological polar surface area (TPSA) is 86.6 Å². The van der Waals surface area contributed by atoms with E-state index in [4.69, 9.17) is 19.0 Å². The van der Waals surface area contributed by atoms with Crippen molar-refractivity contribution >= 4 is 17.8 Å². The zero-order valence-corrected chi connectivity index (χ0v) is 19.4. The Morgan fingerprint density at radius 3 is 2.44 bits per heavy atom. The second-order valence-corrected chi connectivity index (χ2v) is 7.42. The summed E-state index contributed by atoms with van der Waals surface area (Å²) < 4.78 is 16.4. The van der Waals surface area contributed by atoms with Crippen LogP contribution in [0.15, 0.2) is 78.1 Å². The second kappa shape index (κ2) is 12.1. The van der Waals surface area contributed by atoms with Crippen LogP contribution in [0.3, 0.4) is 0 Å². The van der Waals surface area contributed by atoms with Crippen molar-refractivity contribution in [3.8, 4) is 11.5 Å². The molecule has 3 rings (SSSR count). The highest BCUT2D eigenvalue weighted by Crippen LogP contribution is 2.29. The summed E-state index contributed by atoms with van der Waals surface area (Å²) in [7, 11) is 2.96. The molecule has 34 heavy (non-hydrogen) atoms. The normalized spacial score (nSPS) is 11.3. The molecule has 0 aromatic heterocycles. The van der Waals surface area contributed by atoms with Gasteiger partial charge in [-0.25, -0.2) is 4.79 Å². The molecule has 0 radical (unpaired) electrons. The smallest absolute Gasteiger partial charge is 0.339 e. The number of aliphatic carboxylic acids is 1. The SMILES string of the molecule is COC=C(C(=O)O)c1ccccc1COc1cc(C=NOCc2ccc(C)cc2)ccc1OC. The van der Waals surface area contributed by atoms with Crippen LogP contribution in [-0.4, -0.2) is 31.5 Å². The molecule has 0 unspecified atom stereocenters. The summed E-state index contributed by atoms with van der Waals surface area (Å²) in [6, 6.07) is 20.5. The number of aryl methyl sites for hydroxylation is 1. The Morgan fingerprint density at radius 1 is 0.971 bits per heavy atom. The van der Waals surface area contributed by atoms with Crippen molar-refractivity contribution in [3.63, 3.8) is 0 Å². The Bertz CT molecular complexity index is 1170. The molecule has 0 saturated heterocycles. The Labute approximate surface area is 198 Å². The number of oxime groups is 1. The number of nitrogens with zero attached hydrogens (tertiary/aromatic N) is 1. The molecule has 7 nitrogen and oxygen atoms in total. The zero-order chi connectivity index (χ0) is 24.3. The molecule has 0 atom stereocenters. The second-order valence-electron chi connectivity index (χ2n) is 7.42. The highest BCUT2D eigenvalue weighted by molar-refractivity contribution is 6.15. The molecule has 0 aliphatic rings. The van der Waals surface area contributed by atoms with E-state index in [9.17, 15) is 9.90 Å². The van der Waals surface area contributed by atoms with Gasteiger partial charge >= 0.3 is 5.97 Å². The molecular formula is C27H27NO6. The lowest BCUT2D eigenvalue weighted by atomic mass is 10.0. The fourth-order valence-corrected chi connectivity index (χ4v) is 3.19. The number of benzene rings is 3. The van der Waals surface area contributed by atoms with Gasteiger partial charge in [0.1, 0.15) is 18.8 Å². The van der Waals surface area contributed by atoms with Crippen molar-refractivity contribution in [2.75, 3.05) is 14.2 Å². The lowest BCUT2D eigenvalue weighted by Crippen LogP contribution is -2.06. The van der Waals surface area contributed by atoms with Crippen LogP contribution < -0.4 is 9.47 Å². The van der Waals surface area contributed by atoms with E-state index in [-0.39, 0.29) is 12.2 Å². The minimum atomic E-state index is -1.09. The van der Waals surface area contributed by atoms with E-state index in [0.717, 1.165) is 11.1 Å². The summed E-state index contributed by atoms with van der Waals surface area (Å²) in [4.78, 5) is 17.1. The maximum absolute atomic E-state index is 11.7. The van der Waals surface area contributed by atoms with Crippen LogP contribution >= 0.6 is 0 Å². The van der Waals surface area contributed by atoms with Gasteiger partial charge in [-0.1, -0.05) is 59.3 Å². The van der Waals surface area contributed by atoms with Crippen LogP contribution in [0.4, 0.5) is 0 Å². The molecule has 1 N–H and O–H groups in total. The van der Waals surface area contributed by atoms with E-state index >= 15 is 0 Å². The first kappa shape index (κ1) is 24.4. The molecule has 0 amide bonds. The predicted molar refractivity (Wildman–Crippen MR) is 130 cm³/mol. The third-order valence-corrected chi connectivity index (χ3v) is 4.97. The molecule has 0 saturated carbocycles. The van der Waals surface area contributed by atoms with E-state index in [1.165, 1.54) is 18.9 Å². The largest absolute Gasteiger partial charge is 0.503 e. The van der Waals surface area contributed by atoms with E-state index in [1.807, 2.05) is 43.3 Å². The monoisotopic (exact) mass is 461 g/mol. The van der Waals surface area contributed by atoms with E-state index in [1.54, 1.807) is 43.7 Å². The summed E-state index contributed by atoms with van der Waals surface area (Å²) in [5, 5.41) is 13.6. The van der Waals surface area contributed by atoms with Gasteiger partial charge in [-0.15, -0.1) is 0 Å². The molecule has 0 bridgehead atoms. The number of rotatable bonds is 11. The molecule has 0 spiro atoms. The summed E-state index contributed by atoms with van der Waals surface area (Å²) in [6.07, 6.45) is 2.80. The Balaban J connectivity index is 1.72. The van der Waals surface area contributed by atoms with Crippen LogP contribution in [-0.2, 0) is 27.6 Å². The number of carbonyl (C=O) groups is 1. The summed E-state index contributed by atoms with van der Waals surface area (Å²) in [5.41, 5.74) is 4.23. The van der Waals surface area contributed by atoms with Crippen LogP contribution in [0.2, 0.25) is 0 Å². The van der Waals surface area contributed by atoms with Gasteiger partial charge in [-0.2, -0.15) is 0 Å². The van der Waals surface area contributed by atoms with Gasteiger partial charge in [0.05, 0.1) is 26.7 Å². The Kier molecular flexibility index (Phi) is 8.68. The molecule has 0 aliphatic heterocycles. The van der Waals surface area contributed by atoms with Gasteiger partial charge in [0, 0.05) is 5.56 Å². The van der Waals surface area contributed by atoms with E-state index < -0.39 is 5.97 Å². The van der Waals surface area contributed by atoms with Crippen molar-refractivity contribution in [3.05, 3.63) is 101 Å². The van der Waals surface area contributed by atoms with E-state index in [2.05, 4.69) is 5.16 Å². The van der Waals surface area contributed by atoms with Crippen LogP contribution in [0.25, 0.3) is 5.57 Å². The first-order chi connectivity index (χ1) is 16.5. The number of methoxy groups -OCH3 is 2. The lowest BCUT2D eigenvalue weighted by Gasteiger charge is -2.14. The number of carboxylic acids is 1. The van der Waals surface area contributed by atoms with Crippen LogP contribution in [0.1, 0.15) is 27.8 Å². The standard InChI is InChI=1S/C27H27NO6/c1-19-8-10-20(11-9-19)16-34-28-15-21-12-13-25(32-3)26(14-21)33-17-22-6-4-5-7-23(22)24(18-31-2)27(29)30/h4-15,18H,16-17H2,1-3H3,(H,29,30). The van der Waals surface area contributed by atoms with Crippen molar-refractivity contribution < 1.29 is 28.9 Å².